The van der Waals surface area contributed by atoms with Crippen LogP contribution in [0, 0.1) is 0 Å². The minimum absolute atomic E-state index is 0.145. The zero-order valence-corrected chi connectivity index (χ0v) is 19.7. The molecule has 1 unspecified atom stereocenters. The minimum Gasteiger partial charge on any atom is -0.494 e. The quantitative estimate of drug-likeness (QED) is 0.378. The van der Waals surface area contributed by atoms with Crippen molar-refractivity contribution < 1.29 is 9.53 Å². The van der Waals surface area contributed by atoms with Gasteiger partial charge in [-0.05, 0) is 74.2 Å². The second kappa shape index (κ2) is 11.2. The van der Waals surface area contributed by atoms with Crippen LogP contribution in [0.4, 0.5) is 0 Å². The van der Waals surface area contributed by atoms with Crippen LogP contribution in [0.2, 0.25) is 0 Å². The lowest BCUT2D eigenvalue weighted by atomic mass is 10.0. The molecule has 1 amide bonds. The summed E-state index contributed by atoms with van der Waals surface area (Å²) in [5, 5.41) is 0. The molecule has 4 heteroatoms. The van der Waals surface area contributed by atoms with Crippen molar-refractivity contribution in [1.82, 2.24) is 9.80 Å². The van der Waals surface area contributed by atoms with E-state index in [2.05, 4.69) is 61.3 Å². The fourth-order valence-electron chi connectivity index (χ4n) is 4.34. The molecule has 4 nitrogen and oxygen atoms in total. The van der Waals surface area contributed by atoms with E-state index in [4.69, 9.17) is 4.74 Å². The van der Waals surface area contributed by atoms with E-state index in [9.17, 15) is 4.79 Å². The number of rotatable bonds is 9. The number of likely N-dealkylation sites (tertiary alicyclic amines) is 1. The normalized spacial score (nSPS) is 14.5. The molecule has 172 valence electrons. The summed E-state index contributed by atoms with van der Waals surface area (Å²) in [7, 11) is 2.16. The van der Waals surface area contributed by atoms with Crippen LogP contribution in [0.25, 0.3) is 11.1 Å². The lowest BCUT2D eigenvalue weighted by Gasteiger charge is -2.25. The van der Waals surface area contributed by atoms with Crippen LogP contribution in [0.15, 0.2) is 78.9 Å². The van der Waals surface area contributed by atoms with Crippen LogP contribution in [0.3, 0.4) is 0 Å². The number of hydrogen-bond acceptors (Lipinski definition) is 3. The Morgan fingerprint density at radius 3 is 2.15 bits per heavy atom. The molecule has 1 atom stereocenters. The van der Waals surface area contributed by atoms with Gasteiger partial charge in [-0.25, -0.2) is 0 Å². The zero-order chi connectivity index (χ0) is 23.0. The number of amides is 1. The summed E-state index contributed by atoms with van der Waals surface area (Å²) in [6.07, 6.45) is 3.20. The van der Waals surface area contributed by atoms with Crippen LogP contribution in [0.1, 0.15) is 48.1 Å². The van der Waals surface area contributed by atoms with Crippen molar-refractivity contribution in [1.29, 1.82) is 0 Å². The Labute approximate surface area is 197 Å². The molecule has 0 aromatic heterocycles. The van der Waals surface area contributed by atoms with Crippen molar-refractivity contribution in [2.24, 2.45) is 0 Å². The molecule has 0 N–H and O–H groups in total. The highest BCUT2D eigenvalue weighted by Gasteiger charge is 2.19. The van der Waals surface area contributed by atoms with E-state index in [0.717, 1.165) is 61.3 Å². The standard InChI is InChI=1S/C29H34N2O2/c1-23(24-9-4-3-5-10-24)30(2)19-8-22-33-28-17-15-26(16-18-28)25-11-13-27(14-12-25)29(32)31-20-6-7-21-31/h3-5,9-18,23H,6-8,19-22H2,1-2H3. The number of benzene rings is 3. The maximum absolute atomic E-state index is 12.5. The van der Waals surface area contributed by atoms with Gasteiger partial charge in [0.25, 0.3) is 5.91 Å². The van der Waals surface area contributed by atoms with Crippen molar-refractivity contribution in [3.63, 3.8) is 0 Å². The van der Waals surface area contributed by atoms with Gasteiger partial charge in [0, 0.05) is 31.2 Å². The average Bonchev–Trinajstić information content (AvgIpc) is 3.42. The maximum atomic E-state index is 12.5. The maximum Gasteiger partial charge on any atom is 0.253 e. The van der Waals surface area contributed by atoms with E-state index < -0.39 is 0 Å². The number of nitrogens with zero attached hydrogens (tertiary/aromatic N) is 2. The fraction of sp³-hybridized carbons (Fsp3) is 0.345. The van der Waals surface area contributed by atoms with Gasteiger partial charge in [0.2, 0.25) is 0 Å². The smallest absolute Gasteiger partial charge is 0.253 e. The average molecular weight is 443 g/mol. The van der Waals surface area contributed by atoms with Crippen LogP contribution in [-0.2, 0) is 0 Å². The molecule has 3 aromatic rings. The summed E-state index contributed by atoms with van der Waals surface area (Å²) < 4.78 is 5.96. The predicted octanol–water partition coefficient (Wildman–Crippen LogP) is 6.05. The molecule has 0 saturated carbocycles. The fourth-order valence-corrected chi connectivity index (χ4v) is 4.34. The molecular formula is C29H34N2O2. The summed E-state index contributed by atoms with van der Waals surface area (Å²) in [4.78, 5) is 16.8. The van der Waals surface area contributed by atoms with Crippen LogP contribution >= 0.6 is 0 Å². The summed E-state index contributed by atoms with van der Waals surface area (Å²) in [6, 6.07) is 27.1. The van der Waals surface area contributed by atoms with E-state index in [1.165, 1.54) is 5.56 Å². The number of hydrogen-bond donors (Lipinski definition) is 0. The second-order valence-electron chi connectivity index (χ2n) is 8.87. The highest BCUT2D eigenvalue weighted by atomic mass is 16.5. The Balaban J connectivity index is 1.24. The topological polar surface area (TPSA) is 32.8 Å². The molecule has 1 fully saturated rings. The summed E-state index contributed by atoms with van der Waals surface area (Å²) in [5.74, 6) is 1.03. The third-order valence-electron chi connectivity index (χ3n) is 6.58. The van der Waals surface area contributed by atoms with E-state index >= 15 is 0 Å². The minimum atomic E-state index is 0.145. The highest BCUT2D eigenvalue weighted by molar-refractivity contribution is 5.94. The van der Waals surface area contributed by atoms with E-state index in [1.54, 1.807) is 0 Å². The lowest BCUT2D eigenvalue weighted by Crippen LogP contribution is -2.27. The summed E-state index contributed by atoms with van der Waals surface area (Å²) >= 11 is 0. The zero-order valence-electron chi connectivity index (χ0n) is 19.7. The Morgan fingerprint density at radius 1 is 0.909 bits per heavy atom. The van der Waals surface area contributed by atoms with Gasteiger partial charge in [-0.1, -0.05) is 54.6 Å². The Bertz CT molecular complexity index is 1010. The summed E-state index contributed by atoms with van der Waals surface area (Å²) in [6.45, 7) is 5.67. The number of carbonyl (C=O) groups is 1. The third-order valence-corrected chi connectivity index (χ3v) is 6.58. The SMILES string of the molecule is CC(c1ccccc1)N(C)CCCOc1ccc(-c2ccc(C(=O)N3CCCC3)cc2)cc1. The molecule has 0 bridgehead atoms. The molecule has 1 saturated heterocycles. The second-order valence-corrected chi connectivity index (χ2v) is 8.87. The molecule has 1 heterocycles. The largest absolute Gasteiger partial charge is 0.494 e. The van der Waals surface area contributed by atoms with Gasteiger partial charge in [-0.15, -0.1) is 0 Å². The van der Waals surface area contributed by atoms with E-state index in [-0.39, 0.29) is 5.91 Å². The first-order valence-electron chi connectivity index (χ1n) is 12.0. The number of carbonyl (C=O) groups excluding carboxylic acids is 1. The van der Waals surface area contributed by atoms with Gasteiger partial charge < -0.3 is 9.64 Å². The first kappa shape index (κ1) is 23.1. The van der Waals surface area contributed by atoms with E-state index in [0.29, 0.717) is 12.6 Å². The van der Waals surface area contributed by atoms with Gasteiger partial charge in [0.1, 0.15) is 5.75 Å². The van der Waals surface area contributed by atoms with Gasteiger partial charge >= 0.3 is 0 Å². The van der Waals surface area contributed by atoms with Crippen molar-refractivity contribution in [3.05, 3.63) is 90.0 Å². The van der Waals surface area contributed by atoms with Crippen molar-refractivity contribution in [2.45, 2.75) is 32.2 Å². The Hall–Kier alpha value is -3.11. The number of ether oxygens (including phenoxy) is 1. The molecule has 0 spiro atoms. The lowest BCUT2D eigenvalue weighted by molar-refractivity contribution is 0.0793. The molecule has 33 heavy (non-hydrogen) atoms. The van der Waals surface area contributed by atoms with Crippen LogP contribution in [-0.4, -0.2) is 49.0 Å². The molecule has 1 aliphatic heterocycles. The van der Waals surface area contributed by atoms with Crippen molar-refractivity contribution >= 4 is 5.91 Å². The molecule has 4 rings (SSSR count). The Kier molecular flexibility index (Phi) is 7.79. The van der Waals surface area contributed by atoms with Crippen molar-refractivity contribution in [2.75, 3.05) is 33.3 Å². The summed E-state index contributed by atoms with van der Waals surface area (Å²) in [5.41, 5.74) is 4.34. The molecule has 1 aliphatic rings. The third kappa shape index (κ3) is 6.02. The van der Waals surface area contributed by atoms with Crippen molar-refractivity contribution in [3.8, 4) is 16.9 Å². The molecule has 0 radical (unpaired) electrons. The van der Waals surface area contributed by atoms with Crippen LogP contribution < -0.4 is 4.74 Å². The molecule has 0 aliphatic carbocycles. The van der Waals surface area contributed by atoms with Crippen LogP contribution in [0.5, 0.6) is 5.75 Å². The predicted molar refractivity (Wildman–Crippen MR) is 135 cm³/mol. The van der Waals surface area contributed by atoms with Gasteiger partial charge in [-0.3, -0.25) is 9.69 Å². The van der Waals surface area contributed by atoms with Gasteiger partial charge in [0.15, 0.2) is 0 Å². The van der Waals surface area contributed by atoms with Gasteiger partial charge in [-0.2, -0.15) is 0 Å². The van der Waals surface area contributed by atoms with E-state index in [1.807, 2.05) is 41.3 Å². The monoisotopic (exact) mass is 442 g/mol. The molecule has 3 aromatic carbocycles. The highest BCUT2D eigenvalue weighted by Crippen LogP contribution is 2.24. The first-order chi connectivity index (χ1) is 16.1. The Morgan fingerprint density at radius 2 is 1.52 bits per heavy atom. The van der Waals surface area contributed by atoms with Gasteiger partial charge in [0.05, 0.1) is 6.61 Å². The first-order valence-corrected chi connectivity index (χ1v) is 12.0. The molecular weight excluding hydrogens is 408 g/mol.